The first-order chi connectivity index (χ1) is 26.5. The van der Waals surface area contributed by atoms with Gasteiger partial charge in [-0.2, -0.15) is 0 Å². The zero-order valence-corrected chi connectivity index (χ0v) is 38.0. The number of phosphoric acid groups is 1. The van der Waals surface area contributed by atoms with Gasteiger partial charge in [-0.15, -0.1) is 0 Å². The quantitative estimate of drug-likeness (QED) is 0.0275. The van der Waals surface area contributed by atoms with E-state index in [1.54, 1.807) is 6.08 Å². The van der Waals surface area contributed by atoms with Crippen LogP contribution in [0.1, 0.15) is 226 Å². The second-order valence-corrected chi connectivity index (χ2v) is 18.9. The largest absolute Gasteiger partial charge is 0.756 e. The number of unbranched alkanes of at least 4 members (excludes halogenated alkanes) is 30. The zero-order valence-electron chi connectivity index (χ0n) is 37.1. The van der Waals surface area contributed by atoms with Crippen LogP contribution >= 0.6 is 7.82 Å². The van der Waals surface area contributed by atoms with Crippen LogP contribution in [0.4, 0.5) is 0 Å². The maximum atomic E-state index is 12.9. The van der Waals surface area contributed by atoms with Gasteiger partial charge in [-0.1, -0.05) is 212 Å². The highest BCUT2D eigenvalue weighted by molar-refractivity contribution is 7.45. The van der Waals surface area contributed by atoms with E-state index in [1.807, 2.05) is 27.2 Å². The van der Waals surface area contributed by atoms with Gasteiger partial charge >= 0.3 is 0 Å². The second kappa shape index (κ2) is 38.7. The van der Waals surface area contributed by atoms with E-state index in [0.29, 0.717) is 17.4 Å². The maximum absolute atomic E-state index is 12.9. The molecule has 0 aromatic carbocycles. The van der Waals surface area contributed by atoms with Crippen molar-refractivity contribution in [2.45, 2.75) is 238 Å². The lowest BCUT2D eigenvalue weighted by atomic mass is 10.0. The molecule has 0 saturated carbocycles. The van der Waals surface area contributed by atoms with Crippen molar-refractivity contribution in [3.05, 3.63) is 12.2 Å². The third-order valence-corrected chi connectivity index (χ3v) is 11.7. The van der Waals surface area contributed by atoms with Crippen LogP contribution in [0.2, 0.25) is 0 Å². The number of nitrogens with one attached hydrogen (secondary N) is 1. The summed E-state index contributed by atoms with van der Waals surface area (Å²) in [6.45, 7) is 4.66. The number of amides is 1. The second-order valence-electron chi connectivity index (χ2n) is 17.5. The molecule has 0 aliphatic carbocycles. The molecule has 0 aromatic rings. The summed E-state index contributed by atoms with van der Waals surface area (Å²) in [6.07, 6.45) is 44.0. The van der Waals surface area contributed by atoms with Crippen molar-refractivity contribution >= 4 is 13.7 Å². The minimum Gasteiger partial charge on any atom is -0.756 e. The zero-order chi connectivity index (χ0) is 40.7. The van der Waals surface area contributed by atoms with Crippen molar-refractivity contribution in [3.8, 4) is 0 Å². The minimum absolute atomic E-state index is 0.00214. The Morgan fingerprint density at radius 1 is 0.618 bits per heavy atom. The summed E-state index contributed by atoms with van der Waals surface area (Å²) in [6, 6.07) is -0.879. The van der Waals surface area contributed by atoms with Crippen molar-refractivity contribution in [2.75, 3.05) is 40.9 Å². The molecular weight excluding hydrogens is 707 g/mol. The van der Waals surface area contributed by atoms with Gasteiger partial charge in [-0.25, -0.2) is 0 Å². The molecular formula is C46H93N2O6P. The van der Waals surface area contributed by atoms with E-state index in [1.165, 1.54) is 167 Å². The van der Waals surface area contributed by atoms with Gasteiger partial charge in [0.05, 0.1) is 39.9 Å². The number of likely N-dealkylation sites (N-methyl/N-ethyl adjacent to an activating group) is 1. The predicted molar refractivity (Wildman–Crippen MR) is 233 cm³/mol. The molecule has 0 spiro atoms. The average molecular weight is 801 g/mol. The van der Waals surface area contributed by atoms with Gasteiger partial charge < -0.3 is 28.8 Å². The molecule has 1 amide bonds. The fraction of sp³-hybridized carbons (Fsp3) is 0.935. The Kier molecular flexibility index (Phi) is 38.2. The Morgan fingerprint density at radius 3 is 1.36 bits per heavy atom. The van der Waals surface area contributed by atoms with Crippen LogP contribution in [0.3, 0.4) is 0 Å². The number of carbonyl (C=O) groups excluding carboxylic acids is 1. The normalized spacial score (nSPS) is 14.4. The van der Waals surface area contributed by atoms with Gasteiger partial charge in [0.25, 0.3) is 7.82 Å². The van der Waals surface area contributed by atoms with Gasteiger partial charge in [0, 0.05) is 6.42 Å². The lowest BCUT2D eigenvalue weighted by molar-refractivity contribution is -0.870. The van der Waals surface area contributed by atoms with Crippen molar-refractivity contribution in [3.63, 3.8) is 0 Å². The number of rotatable bonds is 43. The fourth-order valence-corrected chi connectivity index (χ4v) is 7.70. The molecule has 0 rings (SSSR count). The lowest BCUT2D eigenvalue weighted by Crippen LogP contribution is -2.45. The number of carbonyl (C=O) groups is 1. The molecule has 2 N–H and O–H groups in total. The lowest BCUT2D eigenvalue weighted by Gasteiger charge is -2.29. The van der Waals surface area contributed by atoms with E-state index in [9.17, 15) is 19.4 Å². The van der Waals surface area contributed by atoms with E-state index in [-0.39, 0.29) is 19.1 Å². The summed E-state index contributed by atoms with van der Waals surface area (Å²) >= 11 is 0. The molecule has 55 heavy (non-hydrogen) atoms. The van der Waals surface area contributed by atoms with E-state index in [0.717, 1.165) is 38.5 Å². The highest BCUT2D eigenvalue weighted by Crippen LogP contribution is 2.38. The first-order valence-corrected chi connectivity index (χ1v) is 25.0. The van der Waals surface area contributed by atoms with Crippen LogP contribution in [0.25, 0.3) is 0 Å². The SMILES string of the molecule is CCCCCCCCCCCCC/C=C/[C@H](O)[C@@H](COP(=O)([O-])OCC[N+](C)(C)C)NC(=O)CCCCCCCCCCCCCCCCCCCCCC. The van der Waals surface area contributed by atoms with Gasteiger partial charge in [-0.3, -0.25) is 9.36 Å². The van der Waals surface area contributed by atoms with Gasteiger partial charge in [0.1, 0.15) is 13.2 Å². The number of hydrogen-bond donors (Lipinski definition) is 2. The average Bonchev–Trinajstić information content (AvgIpc) is 3.13. The summed E-state index contributed by atoms with van der Waals surface area (Å²) in [4.78, 5) is 25.3. The molecule has 0 heterocycles. The molecule has 8 nitrogen and oxygen atoms in total. The summed E-state index contributed by atoms with van der Waals surface area (Å²) in [7, 11) is 1.27. The Hall–Kier alpha value is -0.760. The van der Waals surface area contributed by atoms with E-state index in [4.69, 9.17) is 9.05 Å². The highest BCUT2D eigenvalue weighted by Gasteiger charge is 2.23. The summed E-state index contributed by atoms with van der Waals surface area (Å²) in [5.41, 5.74) is 0. The van der Waals surface area contributed by atoms with Crippen LogP contribution in [0, 0.1) is 0 Å². The number of nitrogens with zero attached hydrogens (tertiary/aromatic N) is 1. The van der Waals surface area contributed by atoms with Crippen molar-refractivity contribution < 1.29 is 32.9 Å². The van der Waals surface area contributed by atoms with Crippen LogP contribution < -0.4 is 10.2 Å². The predicted octanol–water partition coefficient (Wildman–Crippen LogP) is 12.5. The number of quaternary nitrogens is 1. The molecule has 0 aliphatic heterocycles. The van der Waals surface area contributed by atoms with Crippen LogP contribution in [-0.4, -0.2) is 68.5 Å². The number of hydrogen-bond acceptors (Lipinski definition) is 6. The molecule has 0 radical (unpaired) electrons. The van der Waals surface area contributed by atoms with Gasteiger partial charge in [-0.05, 0) is 19.3 Å². The Balaban J connectivity index is 4.29. The Morgan fingerprint density at radius 2 is 0.982 bits per heavy atom. The Bertz CT molecular complexity index is 911. The smallest absolute Gasteiger partial charge is 0.268 e. The summed E-state index contributed by atoms with van der Waals surface area (Å²) < 4.78 is 23.2. The minimum atomic E-state index is -4.58. The highest BCUT2D eigenvalue weighted by atomic mass is 31.2. The van der Waals surface area contributed by atoms with Gasteiger partial charge in [0.2, 0.25) is 5.91 Å². The standard InChI is InChI=1S/C46H93N2O6P/c1-6-8-10-12-14-16-18-20-21-22-23-24-25-26-28-30-32-34-36-38-40-46(50)47-44(43-54-55(51,52)53-42-41-48(3,4)5)45(49)39-37-35-33-31-29-27-19-17-15-13-11-9-7-2/h37,39,44-45,49H,6-36,38,40-43H2,1-5H3,(H-,47,50,51,52)/b39-37+/t44-,45+/m1/s1. The molecule has 328 valence electrons. The van der Waals surface area contributed by atoms with Crippen molar-refractivity contribution in [2.24, 2.45) is 0 Å². The molecule has 0 fully saturated rings. The third-order valence-electron chi connectivity index (χ3n) is 10.7. The topological polar surface area (TPSA) is 108 Å². The maximum Gasteiger partial charge on any atom is 0.268 e. The molecule has 1 unspecified atom stereocenters. The van der Waals surface area contributed by atoms with Crippen LogP contribution in [0.15, 0.2) is 12.2 Å². The Labute approximate surface area is 342 Å². The first-order valence-electron chi connectivity index (χ1n) is 23.6. The van der Waals surface area contributed by atoms with Crippen LogP contribution in [0.5, 0.6) is 0 Å². The molecule has 0 aromatic heterocycles. The third kappa shape index (κ3) is 41.2. The van der Waals surface area contributed by atoms with Gasteiger partial charge in [0.15, 0.2) is 0 Å². The molecule has 9 heteroatoms. The van der Waals surface area contributed by atoms with Crippen LogP contribution in [-0.2, 0) is 18.4 Å². The first kappa shape index (κ1) is 54.2. The number of allylic oxidation sites excluding steroid dienone is 1. The summed E-state index contributed by atoms with van der Waals surface area (Å²) in [5.74, 6) is -0.194. The number of aliphatic hydroxyl groups is 1. The van der Waals surface area contributed by atoms with E-state index >= 15 is 0 Å². The molecule has 0 aliphatic rings. The molecule has 0 saturated heterocycles. The fourth-order valence-electron chi connectivity index (χ4n) is 6.98. The van der Waals surface area contributed by atoms with E-state index in [2.05, 4.69) is 19.2 Å². The van der Waals surface area contributed by atoms with Crippen molar-refractivity contribution in [1.29, 1.82) is 0 Å². The summed E-state index contributed by atoms with van der Waals surface area (Å²) in [5, 5.41) is 13.8. The molecule has 0 bridgehead atoms. The molecule has 3 atom stereocenters. The number of phosphoric ester groups is 1. The van der Waals surface area contributed by atoms with Crippen molar-refractivity contribution in [1.82, 2.24) is 5.32 Å². The number of aliphatic hydroxyl groups excluding tert-OH is 1. The van der Waals surface area contributed by atoms with E-state index < -0.39 is 20.0 Å². The monoisotopic (exact) mass is 801 g/mol.